The standard InChI is InChI=1S/C7H13N3OS/c1-2-11-4-6(10-8)7-3-9-5-12-7/h3,5-6,10H,2,4,8H2,1H3. The summed E-state index contributed by atoms with van der Waals surface area (Å²) in [7, 11) is 0. The number of nitrogens with one attached hydrogen (secondary N) is 1. The number of hydrazine groups is 1. The van der Waals surface area contributed by atoms with Gasteiger partial charge in [-0.1, -0.05) is 0 Å². The van der Waals surface area contributed by atoms with Gasteiger partial charge in [-0.05, 0) is 6.92 Å². The molecule has 1 rings (SSSR count). The van der Waals surface area contributed by atoms with Gasteiger partial charge in [0.05, 0.1) is 18.2 Å². The van der Waals surface area contributed by atoms with E-state index in [4.69, 9.17) is 10.6 Å². The zero-order chi connectivity index (χ0) is 8.81. The van der Waals surface area contributed by atoms with Crippen LogP contribution in [0.25, 0.3) is 0 Å². The first-order valence-electron chi connectivity index (χ1n) is 3.80. The normalized spacial score (nSPS) is 13.2. The van der Waals surface area contributed by atoms with Crippen molar-refractivity contribution < 1.29 is 4.74 Å². The average molecular weight is 187 g/mol. The molecule has 1 aromatic heterocycles. The van der Waals surface area contributed by atoms with Crippen molar-refractivity contribution in [2.45, 2.75) is 13.0 Å². The predicted octanol–water partition coefficient (Wildman–Crippen LogP) is 0.684. The minimum atomic E-state index is 0.0671. The minimum absolute atomic E-state index is 0.0671. The van der Waals surface area contributed by atoms with Crippen molar-refractivity contribution in [3.05, 3.63) is 16.6 Å². The number of aromatic nitrogens is 1. The van der Waals surface area contributed by atoms with E-state index in [1.807, 2.05) is 6.92 Å². The van der Waals surface area contributed by atoms with Crippen LogP contribution in [0.15, 0.2) is 11.7 Å². The van der Waals surface area contributed by atoms with Gasteiger partial charge in [-0.25, -0.2) is 5.43 Å². The Kier molecular flexibility index (Phi) is 4.16. The highest BCUT2D eigenvalue weighted by atomic mass is 32.1. The topological polar surface area (TPSA) is 60.2 Å². The minimum Gasteiger partial charge on any atom is -0.380 e. The molecule has 1 unspecified atom stereocenters. The largest absolute Gasteiger partial charge is 0.380 e. The summed E-state index contributed by atoms with van der Waals surface area (Å²) in [6.45, 7) is 3.26. The van der Waals surface area contributed by atoms with Gasteiger partial charge in [0.2, 0.25) is 0 Å². The lowest BCUT2D eigenvalue weighted by molar-refractivity contribution is 0.124. The zero-order valence-corrected chi connectivity index (χ0v) is 7.80. The summed E-state index contributed by atoms with van der Waals surface area (Å²) in [4.78, 5) is 5.07. The molecule has 0 aliphatic heterocycles. The number of ether oxygens (including phenoxy) is 1. The predicted molar refractivity (Wildman–Crippen MR) is 48.7 cm³/mol. The van der Waals surface area contributed by atoms with Crippen LogP contribution in [0, 0.1) is 0 Å². The Labute approximate surface area is 75.7 Å². The van der Waals surface area contributed by atoms with Crippen LogP contribution in [0.1, 0.15) is 17.8 Å². The molecule has 1 atom stereocenters. The quantitative estimate of drug-likeness (QED) is 0.526. The fourth-order valence-corrected chi connectivity index (χ4v) is 1.51. The first-order chi connectivity index (χ1) is 5.88. The fraction of sp³-hybridized carbons (Fsp3) is 0.571. The molecule has 3 N–H and O–H groups in total. The molecule has 0 saturated heterocycles. The van der Waals surface area contributed by atoms with Gasteiger partial charge in [-0.2, -0.15) is 0 Å². The van der Waals surface area contributed by atoms with E-state index >= 15 is 0 Å². The number of thiazole rings is 1. The molecule has 0 fully saturated rings. The number of hydrogen-bond donors (Lipinski definition) is 2. The van der Waals surface area contributed by atoms with Crippen LogP contribution in [0.2, 0.25) is 0 Å². The molecule has 0 radical (unpaired) electrons. The third-order valence-corrected chi connectivity index (χ3v) is 2.37. The molecule has 12 heavy (non-hydrogen) atoms. The lowest BCUT2D eigenvalue weighted by atomic mass is 10.3. The van der Waals surface area contributed by atoms with Gasteiger partial charge in [-0.3, -0.25) is 10.8 Å². The highest BCUT2D eigenvalue weighted by Crippen LogP contribution is 2.16. The third kappa shape index (κ3) is 2.53. The molecule has 0 aliphatic rings. The Balaban J connectivity index is 2.45. The third-order valence-electron chi connectivity index (χ3n) is 1.48. The maximum Gasteiger partial charge on any atom is 0.0802 e. The Bertz CT molecular complexity index is 202. The second kappa shape index (κ2) is 5.21. The molecule has 1 aromatic rings. The maximum atomic E-state index is 5.35. The molecular formula is C7H13N3OS. The highest BCUT2D eigenvalue weighted by molar-refractivity contribution is 7.09. The molecule has 5 heteroatoms. The number of hydrogen-bond acceptors (Lipinski definition) is 5. The molecule has 0 aliphatic carbocycles. The van der Waals surface area contributed by atoms with Gasteiger partial charge < -0.3 is 4.74 Å². The second-order valence-electron chi connectivity index (χ2n) is 2.28. The molecule has 68 valence electrons. The summed E-state index contributed by atoms with van der Waals surface area (Å²) in [5.41, 5.74) is 4.47. The van der Waals surface area contributed by atoms with E-state index in [0.29, 0.717) is 13.2 Å². The van der Waals surface area contributed by atoms with Gasteiger partial charge in [0.15, 0.2) is 0 Å². The van der Waals surface area contributed by atoms with E-state index in [1.54, 1.807) is 23.0 Å². The summed E-state index contributed by atoms with van der Waals surface area (Å²) in [5.74, 6) is 5.35. The van der Waals surface area contributed by atoms with Crippen molar-refractivity contribution in [2.24, 2.45) is 5.84 Å². The van der Waals surface area contributed by atoms with Crippen molar-refractivity contribution in [1.82, 2.24) is 10.4 Å². The van der Waals surface area contributed by atoms with Crippen molar-refractivity contribution in [3.8, 4) is 0 Å². The fourth-order valence-electron chi connectivity index (χ4n) is 0.846. The molecule has 0 aromatic carbocycles. The molecule has 0 spiro atoms. The molecule has 0 amide bonds. The van der Waals surface area contributed by atoms with E-state index in [0.717, 1.165) is 4.88 Å². The summed E-state index contributed by atoms with van der Waals surface area (Å²) in [6, 6.07) is 0.0671. The van der Waals surface area contributed by atoms with Crippen LogP contribution in [-0.4, -0.2) is 18.2 Å². The van der Waals surface area contributed by atoms with Gasteiger partial charge in [-0.15, -0.1) is 11.3 Å². The smallest absolute Gasteiger partial charge is 0.0802 e. The Morgan fingerprint density at radius 2 is 2.67 bits per heavy atom. The van der Waals surface area contributed by atoms with Crippen LogP contribution in [0.5, 0.6) is 0 Å². The van der Waals surface area contributed by atoms with Crippen molar-refractivity contribution in [3.63, 3.8) is 0 Å². The lowest BCUT2D eigenvalue weighted by Gasteiger charge is -2.12. The highest BCUT2D eigenvalue weighted by Gasteiger charge is 2.10. The SMILES string of the molecule is CCOCC(NN)c1cncs1. The summed E-state index contributed by atoms with van der Waals surface area (Å²) >= 11 is 1.57. The van der Waals surface area contributed by atoms with Crippen molar-refractivity contribution in [1.29, 1.82) is 0 Å². The number of rotatable bonds is 5. The summed E-state index contributed by atoms with van der Waals surface area (Å²) in [6.07, 6.45) is 1.80. The second-order valence-corrected chi connectivity index (χ2v) is 3.20. The van der Waals surface area contributed by atoms with E-state index < -0.39 is 0 Å². The van der Waals surface area contributed by atoms with Crippen LogP contribution in [-0.2, 0) is 4.74 Å². The number of nitrogens with two attached hydrogens (primary N) is 1. The Hall–Kier alpha value is -0.490. The first kappa shape index (κ1) is 9.60. The van der Waals surface area contributed by atoms with E-state index in [2.05, 4.69) is 10.4 Å². The summed E-state index contributed by atoms with van der Waals surface area (Å²) < 4.78 is 5.25. The van der Waals surface area contributed by atoms with Crippen molar-refractivity contribution >= 4 is 11.3 Å². The average Bonchev–Trinajstić information content (AvgIpc) is 2.59. The molecule has 0 saturated carbocycles. The number of nitrogens with zero attached hydrogens (tertiary/aromatic N) is 1. The van der Waals surface area contributed by atoms with Crippen molar-refractivity contribution in [2.75, 3.05) is 13.2 Å². The summed E-state index contributed by atoms with van der Waals surface area (Å²) in [5, 5.41) is 0. The van der Waals surface area contributed by atoms with E-state index in [-0.39, 0.29) is 6.04 Å². The molecule has 4 nitrogen and oxygen atoms in total. The van der Waals surface area contributed by atoms with Crippen LogP contribution < -0.4 is 11.3 Å². The monoisotopic (exact) mass is 187 g/mol. The molecule has 1 heterocycles. The Morgan fingerprint density at radius 3 is 3.17 bits per heavy atom. The van der Waals surface area contributed by atoms with Gasteiger partial charge >= 0.3 is 0 Å². The first-order valence-corrected chi connectivity index (χ1v) is 4.68. The molecular weight excluding hydrogens is 174 g/mol. The van der Waals surface area contributed by atoms with Crippen LogP contribution >= 0.6 is 11.3 Å². The van der Waals surface area contributed by atoms with E-state index in [9.17, 15) is 0 Å². The van der Waals surface area contributed by atoms with Gasteiger partial charge in [0, 0.05) is 17.7 Å². The van der Waals surface area contributed by atoms with Crippen LogP contribution in [0.3, 0.4) is 0 Å². The zero-order valence-electron chi connectivity index (χ0n) is 6.99. The maximum absolute atomic E-state index is 5.35. The van der Waals surface area contributed by atoms with Crippen LogP contribution in [0.4, 0.5) is 0 Å². The van der Waals surface area contributed by atoms with E-state index in [1.165, 1.54) is 0 Å². The lowest BCUT2D eigenvalue weighted by Crippen LogP contribution is -2.30. The molecule has 0 bridgehead atoms. The van der Waals surface area contributed by atoms with Gasteiger partial charge in [0.25, 0.3) is 0 Å². The Morgan fingerprint density at radius 1 is 1.83 bits per heavy atom. The van der Waals surface area contributed by atoms with Gasteiger partial charge in [0.1, 0.15) is 0 Å².